The minimum atomic E-state index is 0.305. The highest BCUT2D eigenvalue weighted by Gasteiger charge is 2.12. The molecular formula is C14H19N5. The van der Waals surface area contributed by atoms with Gasteiger partial charge in [0.05, 0.1) is 0 Å². The van der Waals surface area contributed by atoms with Crippen LogP contribution in [0.25, 0.3) is 11.5 Å². The first-order chi connectivity index (χ1) is 9.01. The van der Waals surface area contributed by atoms with Crippen molar-refractivity contribution in [3.63, 3.8) is 0 Å². The second-order valence-corrected chi connectivity index (χ2v) is 4.98. The number of hydrogen-bond acceptors (Lipinski definition) is 5. The van der Waals surface area contributed by atoms with Crippen LogP contribution in [0.15, 0.2) is 18.3 Å². The quantitative estimate of drug-likeness (QED) is 0.652. The molecule has 0 saturated heterocycles. The van der Waals surface area contributed by atoms with E-state index in [1.807, 2.05) is 26.1 Å². The van der Waals surface area contributed by atoms with Gasteiger partial charge in [-0.3, -0.25) is 4.98 Å². The molecule has 5 nitrogen and oxygen atoms in total. The van der Waals surface area contributed by atoms with Gasteiger partial charge < -0.3 is 5.43 Å². The predicted octanol–water partition coefficient (Wildman–Crippen LogP) is 2.56. The molecule has 0 aliphatic carbocycles. The van der Waals surface area contributed by atoms with Crippen molar-refractivity contribution in [3.05, 3.63) is 35.2 Å². The molecule has 0 aliphatic rings. The zero-order valence-electron chi connectivity index (χ0n) is 11.7. The van der Waals surface area contributed by atoms with Crippen LogP contribution in [0.2, 0.25) is 0 Å². The van der Waals surface area contributed by atoms with Gasteiger partial charge in [-0.1, -0.05) is 19.9 Å². The Hall–Kier alpha value is -2.01. The van der Waals surface area contributed by atoms with Crippen molar-refractivity contribution >= 4 is 5.82 Å². The summed E-state index contributed by atoms with van der Waals surface area (Å²) in [5, 5.41) is 0. The minimum absolute atomic E-state index is 0.305. The van der Waals surface area contributed by atoms with Crippen molar-refractivity contribution in [3.8, 4) is 11.5 Å². The summed E-state index contributed by atoms with van der Waals surface area (Å²) in [6, 6.07) is 3.93. The van der Waals surface area contributed by atoms with E-state index in [0.717, 1.165) is 22.5 Å². The van der Waals surface area contributed by atoms with Gasteiger partial charge in [-0.25, -0.2) is 15.8 Å². The molecule has 0 aromatic carbocycles. The molecule has 0 fully saturated rings. The van der Waals surface area contributed by atoms with Crippen LogP contribution in [0.4, 0.5) is 5.82 Å². The number of nitrogen functional groups attached to an aromatic ring is 1. The normalized spacial score (nSPS) is 10.8. The van der Waals surface area contributed by atoms with Crippen molar-refractivity contribution in [2.75, 3.05) is 5.43 Å². The number of rotatable bonds is 3. The second-order valence-electron chi connectivity index (χ2n) is 4.98. The lowest BCUT2D eigenvalue weighted by Crippen LogP contribution is -2.11. The Labute approximate surface area is 113 Å². The van der Waals surface area contributed by atoms with E-state index in [2.05, 4.69) is 40.3 Å². The minimum Gasteiger partial charge on any atom is -0.308 e. The van der Waals surface area contributed by atoms with Crippen LogP contribution in [-0.2, 0) is 0 Å². The molecule has 0 spiro atoms. The van der Waals surface area contributed by atoms with Gasteiger partial charge in [-0.2, -0.15) is 0 Å². The summed E-state index contributed by atoms with van der Waals surface area (Å²) in [6.45, 7) is 8.20. The van der Waals surface area contributed by atoms with Gasteiger partial charge in [0.1, 0.15) is 11.5 Å². The highest BCUT2D eigenvalue weighted by molar-refractivity contribution is 5.57. The monoisotopic (exact) mass is 257 g/mol. The Balaban J connectivity index is 2.57. The Bertz CT molecular complexity index is 592. The van der Waals surface area contributed by atoms with Crippen LogP contribution in [0.5, 0.6) is 0 Å². The predicted molar refractivity (Wildman–Crippen MR) is 76.6 cm³/mol. The fourth-order valence-corrected chi connectivity index (χ4v) is 1.89. The van der Waals surface area contributed by atoms with Gasteiger partial charge in [-0.15, -0.1) is 0 Å². The van der Waals surface area contributed by atoms with Crippen LogP contribution in [0.1, 0.15) is 36.6 Å². The van der Waals surface area contributed by atoms with E-state index in [-0.39, 0.29) is 0 Å². The molecule has 0 bridgehead atoms. The number of aromatic nitrogens is 3. The molecular weight excluding hydrogens is 238 g/mol. The molecule has 0 amide bonds. The summed E-state index contributed by atoms with van der Waals surface area (Å²) in [6.07, 6.45) is 1.82. The first-order valence-corrected chi connectivity index (χ1v) is 6.30. The van der Waals surface area contributed by atoms with Crippen LogP contribution in [-0.4, -0.2) is 15.0 Å². The third-order valence-corrected chi connectivity index (χ3v) is 2.91. The highest BCUT2D eigenvalue weighted by Crippen LogP contribution is 2.22. The van der Waals surface area contributed by atoms with Gasteiger partial charge in [0.2, 0.25) is 0 Å². The number of nitrogens with one attached hydrogen (secondary N) is 1. The first-order valence-electron chi connectivity index (χ1n) is 6.30. The molecule has 2 aromatic rings. The summed E-state index contributed by atoms with van der Waals surface area (Å²) in [7, 11) is 0. The maximum absolute atomic E-state index is 5.47. The molecule has 100 valence electrons. The van der Waals surface area contributed by atoms with Crippen LogP contribution in [0, 0.1) is 13.8 Å². The number of pyridine rings is 1. The van der Waals surface area contributed by atoms with E-state index in [1.165, 1.54) is 0 Å². The number of hydrazine groups is 1. The third kappa shape index (κ3) is 2.88. The highest BCUT2D eigenvalue weighted by atomic mass is 15.3. The Morgan fingerprint density at radius 3 is 2.47 bits per heavy atom. The molecule has 2 heterocycles. The molecule has 0 atom stereocenters. The molecule has 2 aromatic heterocycles. The fraction of sp³-hybridized carbons (Fsp3) is 0.357. The fourth-order valence-electron chi connectivity index (χ4n) is 1.89. The molecule has 0 saturated carbocycles. The van der Waals surface area contributed by atoms with Gasteiger partial charge in [0.25, 0.3) is 0 Å². The Kier molecular flexibility index (Phi) is 3.76. The standard InChI is InChI=1S/C14H19N5/c1-8(2)11-6-12(19-15)18-14(17-11)13-10(4)5-9(3)7-16-13/h5-8H,15H2,1-4H3,(H,17,18,19). The van der Waals surface area contributed by atoms with E-state index in [9.17, 15) is 0 Å². The third-order valence-electron chi connectivity index (χ3n) is 2.91. The molecule has 2 rings (SSSR count). The summed E-state index contributed by atoms with van der Waals surface area (Å²) < 4.78 is 0. The topological polar surface area (TPSA) is 76.7 Å². The lowest BCUT2D eigenvalue weighted by Gasteiger charge is -2.11. The van der Waals surface area contributed by atoms with Gasteiger partial charge in [-0.05, 0) is 30.9 Å². The number of anilines is 1. The van der Waals surface area contributed by atoms with Gasteiger partial charge in [0, 0.05) is 18.0 Å². The Morgan fingerprint density at radius 1 is 1.16 bits per heavy atom. The number of aryl methyl sites for hydroxylation is 2. The van der Waals surface area contributed by atoms with Gasteiger partial charge >= 0.3 is 0 Å². The van der Waals surface area contributed by atoms with E-state index in [0.29, 0.717) is 17.6 Å². The summed E-state index contributed by atoms with van der Waals surface area (Å²) in [5.41, 5.74) is 6.51. The summed E-state index contributed by atoms with van der Waals surface area (Å²) in [4.78, 5) is 13.4. The van der Waals surface area contributed by atoms with E-state index in [4.69, 9.17) is 5.84 Å². The molecule has 0 unspecified atom stereocenters. The zero-order chi connectivity index (χ0) is 14.0. The Morgan fingerprint density at radius 2 is 1.89 bits per heavy atom. The van der Waals surface area contributed by atoms with Crippen LogP contribution >= 0.6 is 0 Å². The largest absolute Gasteiger partial charge is 0.308 e. The lowest BCUT2D eigenvalue weighted by atomic mass is 10.1. The summed E-state index contributed by atoms with van der Waals surface area (Å²) >= 11 is 0. The van der Waals surface area contributed by atoms with Crippen molar-refractivity contribution in [1.82, 2.24) is 15.0 Å². The molecule has 19 heavy (non-hydrogen) atoms. The number of hydrogen-bond donors (Lipinski definition) is 2. The van der Waals surface area contributed by atoms with E-state index >= 15 is 0 Å². The smallest absolute Gasteiger partial charge is 0.180 e. The van der Waals surface area contributed by atoms with E-state index < -0.39 is 0 Å². The van der Waals surface area contributed by atoms with E-state index in [1.54, 1.807) is 0 Å². The zero-order valence-corrected chi connectivity index (χ0v) is 11.7. The maximum Gasteiger partial charge on any atom is 0.180 e. The molecule has 0 radical (unpaired) electrons. The molecule has 5 heteroatoms. The summed E-state index contributed by atoms with van der Waals surface area (Å²) in [5.74, 6) is 6.99. The number of nitrogens with two attached hydrogens (primary N) is 1. The molecule has 0 aliphatic heterocycles. The van der Waals surface area contributed by atoms with Crippen molar-refractivity contribution in [1.29, 1.82) is 0 Å². The SMILES string of the molecule is Cc1cnc(-c2nc(NN)cc(C(C)C)n2)c(C)c1. The van der Waals surface area contributed by atoms with Gasteiger partial charge in [0.15, 0.2) is 5.82 Å². The van der Waals surface area contributed by atoms with Crippen molar-refractivity contribution in [2.45, 2.75) is 33.6 Å². The van der Waals surface area contributed by atoms with Crippen molar-refractivity contribution < 1.29 is 0 Å². The average Bonchev–Trinajstić information content (AvgIpc) is 2.38. The molecule has 3 N–H and O–H groups in total. The first kappa shape index (κ1) is 13.4. The van der Waals surface area contributed by atoms with Crippen molar-refractivity contribution in [2.24, 2.45) is 5.84 Å². The van der Waals surface area contributed by atoms with Crippen LogP contribution < -0.4 is 11.3 Å². The van der Waals surface area contributed by atoms with Crippen LogP contribution in [0.3, 0.4) is 0 Å². The average molecular weight is 257 g/mol. The maximum atomic E-state index is 5.47. The second kappa shape index (κ2) is 5.32. The lowest BCUT2D eigenvalue weighted by molar-refractivity contribution is 0.815. The number of nitrogens with zero attached hydrogens (tertiary/aromatic N) is 3.